The molecule has 3 aromatic heterocycles. The number of fused-ring (bicyclic) bond motifs is 5. The van der Waals surface area contributed by atoms with Crippen LogP contribution in [-0.2, 0) is 7.05 Å². The molecule has 7 aromatic rings. The Labute approximate surface area is 196 Å². The van der Waals surface area contributed by atoms with Crippen LogP contribution < -0.4 is 4.57 Å². The van der Waals surface area contributed by atoms with Gasteiger partial charge in [0.05, 0.1) is 29.8 Å². The van der Waals surface area contributed by atoms with Gasteiger partial charge < -0.3 is 4.57 Å². The number of hydrogen-bond acceptors (Lipinski definition) is 1. The average molecular weight is 440 g/mol. The number of aromatic nitrogens is 4. The van der Waals surface area contributed by atoms with Crippen molar-refractivity contribution >= 4 is 43.7 Å². The van der Waals surface area contributed by atoms with Gasteiger partial charge in [0.15, 0.2) is 11.3 Å². The van der Waals surface area contributed by atoms with Crippen molar-refractivity contribution in [2.24, 2.45) is 7.05 Å². The van der Waals surface area contributed by atoms with E-state index in [1.165, 1.54) is 38.4 Å². The van der Waals surface area contributed by atoms with Crippen LogP contribution in [0.2, 0.25) is 0 Å². The Morgan fingerprint density at radius 3 is 1.88 bits per heavy atom. The fourth-order valence-electron chi connectivity index (χ4n) is 5.42. The van der Waals surface area contributed by atoms with E-state index in [0.29, 0.717) is 0 Å². The monoisotopic (exact) mass is 439 g/mol. The number of imidazole rings is 1. The number of nitrogens with zero attached hydrogens (tertiary/aromatic N) is 4. The lowest BCUT2D eigenvalue weighted by Crippen LogP contribution is -2.35. The molecular weight excluding hydrogens is 416 g/mol. The maximum atomic E-state index is 4.85. The van der Waals surface area contributed by atoms with Crippen LogP contribution in [-0.4, -0.2) is 14.1 Å². The normalized spacial score (nSPS) is 11.8. The van der Waals surface area contributed by atoms with Crippen molar-refractivity contribution in [3.8, 4) is 11.5 Å². The van der Waals surface area contributed by atoms with Crippen LogP contribution in [0.15, 0.2) is 103 Å². The summed E-state index contributed by atoms with van der Waals surface area (Å²) >= 11 is 0. The number of hydrogen-bond donors (Lipinski definition) is 0. The Morgan fingerprint density at radius 1 is 0.618 bits per heavy atom. The van der Waals surface area contributed by atoms with Gasteiger partial charge in [-0.3, -0.25) is 0 Å². The summed E-state index contributed by atoms with van der Waals surface area (Å²) in [6.07, 6.45) is 0. The minimum atomic E-state index is 0.972. The van der Waals surface area contributed by atoms with Gasteiger partial charge in [-0.05, 0) is 36.4 Å². The second-order valence-electron chi connectivity index (χ2n) is 8.82. The van der Waals surface area contributed by atoms with Crippen LogP contribution in [0.25, 0.3) is 55.2 Å². The lowest BCUT2D eigenvalue weighted by atomic mass is 10.1. The van der Waals surface area contributed by atoms with Crippen molar-refractivity contribution in [1.82, 2.24) is 14.1 Å². The Balaban J connectivity index is 1.67. The zero-order chi connectivity index (χ0) is 22.8. The van der Waals surface area contributed by atoms with Gasteiger partial charge in [0, 0.05) is 23.1 Å². The first kappa shape index (κ1) is 19.1. The van der Waals surface area contributed by atoms with E-state index in [-0.39, 0.29) is 0 Å². The maximum Gasteiger partial charge on any atom is 0.290 e. The molecule has 4 aromatic carbocycles. The van der Waals surface area contributed by atoms with Crippen LogP contribution in [0.1, 0.15) is 5.82 Å². The minimum absolute atomic E-state index is 0.972. The fourth-order valence-corrected chi connectivity index (χ4v) is 5.42. The summed E-state index contributed by atoms with van der Waals surface area (Å²) in [6, 6.07) is 36.7. The second kappa shape index (κ2) is 7.03. The van der Waals surface area contributed by atoms with Crippen LogP contribution in [0.5, 0.6) is 0 Å². The maximum absolute atomic E-state index is 4.85. The summed E-state index contributed by atoms with van der Waals surface area (Å²) in [7, 11) is 2.14. The van der Waals surface area contributed by atoms with Crippen LogP contribution >= 0.6 is 0 Å². The number of para-hydroxylation sites is 5. The van der Waals surface area contributed by atoms with Gasteiger partial charge in [-0.15, -0.1) is 0 Å². The third-order valence-corrected chi connectivity index (χ3v) is 6.93. The minimum Gasteiger partial charge on any atom is -0.308 e. The summed E-state index contributed by atoms with van der Waals surface area (Å²) < 4.78 is 6.94. The molecule has 0 saturated heterocycles. The predicted molar refractivity (Wildman–Crippen MR) is 139 cm³/mol. The van der Waals surface area contributed by atoms with E-state index in [2.05, 4.69) is 125 Å². The summed E-state index contributed by atoms with van der Waals surface area (Å²) in [5, 5.41) is 3.74. The molecule has 0 aliphatic carbocycles. The molecule has 0 amide bonds. The Morgan fingerprint density at radius 2 is 1.18 bits per heavy atom. The molecule has 0 fully saturated rings. The quantitative estimate of drug-likeness (QED) is 0.286. The first-order valence-electron chi connectivity index (χ1n) is 11.6. The topological polar surface area (TPSA) is 26.6 Å². The second-order valence-corrected chi connectivity index (χ2v) is 8.82. The molecule has 0 radical (unpaired) electrons. The molecule has 4 nitrogen and oxygen atoms in total. The molecule has 162 valence electrons. The van der Waals surface area contributed by atoms with Crippen molar-refractivity contribution in [2.45, 2.75) is 6.92 Å². The van der Waals surface area contributed by atoms with Gasteiger partial charge in [-0.25, -0.2) is 9.55 Å². The van der Waals surface area contributed by atoms with E-state index in [1.807, 2.05) is 6.07 Å². The van der Waals surface area contributed by atoms with Crippen molar-refractivity contribution in [2.75, 3.05) is 0 Å². The molecule has 0 aliphatic rings. The average Bonchev–Trinajstić information content (AvgIpc) is 3.39. The first-order chi connectivity index (χ1) is 16.7. The Hall–Kier alpha value is -4.44. The molecular formula is C30H23N4+. The third kappa shape index (κ3) is 2.54. The SMILES string of the molecule is Cc1nc2ccccc2n1-c1cc(-n2c3ccccc3c3ccccc32)c2ccccc2[n+]1C. The van der Waals surface area contributed by atoms with Crippen molar-refractivity contribution < 1.29 is 4.57 Å². The lowest BCUT2D eigenvalue weighted by Gasteiger charge is -2.14. The van der Waals surface area contributed by atoms with Crippen LogP contribution in [0, 0.1) is 6.92 Å². The highest BCUT2D eigenvalue weighted by atomic mass is 15.2. The molecule has 3 heterocycles. The molecule has 0 atom stereocenters. The van der Waals surface area contributed by atoms with E-state index in [1.54, 1.807) is 0 Å². The van der Waals surface area contributed by atoms with E-state index in [0.717, 1.165) is 22.7 Å². The highest BCUT2D eigenvalue weighted by molar-refractivity contribution is 6.10. The van der Waals surface area contributed by atoms with Crippen molar-refractivity contribution in [1.29, 1.82) is 0 Å². The molecule has 34 heavy (non-hydrogen) atoms. The van der Waals surface area contributed by atoms with E-state index < -0.39 is 0 Å². The number of aryl methyl sites for hydroxylation is 2. The molecule has 4 heteroatoms. The zero-order valence-corrected chi connectivity index (χ0v) is 19.1. The molecule has 0 unspecified atom stereocenters. The standard InChI is InChI=1S/C30H23N4/c1-20-31-24-14-6-10-18-28(24)33(20)30-19-29(23-13-5-7-15-25(23)32(30)2)34-26-16-8-3-11-21(26)22-12-4-9-17-27(22)34/h3-19H,1-2H3/q+1. The molecule has 0 saturated carbocycles. The predicted octanol–water partition coefficient (Wildman–Crippen LogP) is 6.41. The Kier molecular flexibility index (Phi) is 3.94. The molecule has 0 N–H and O–H groups in total. The molecule has 7 rings (SSSR count). The largest absolute Gasteiger partial charge is 0.308 e. The van der Waals surface area contributed by atoms with Gasteiger partial charge in [-0.1, -0.05) is 60.7 Å². The van der Waals surface area contributed by atoms with Gasteiger partial charge in [0.25, 0.3) is 5.82 Å². The molecule has 0 bridgehead atoms. The lowest BCUT2D eigenvalue weighted by molar-refractivity contribution is -0.639. The van der Waals surface area contributed by atoms with Gasteiger partial charge >= 0.3 is 0 Å². The van der Waals surface area contributed by atoms with E-state index in [4.69, 9.17) is 4.98 Å². The van der Waals surface area contributed by atoms with Crippen LogP contribution in [0.3, 0.4) is 0 Å². The summed E-state index contributed by atoms with van der Waals surface area (Å²) in [5.74, 6) is 2.06. The van der Waals surface area contributed by atoms with Crippen molar-refractivity contribution in [3.63, 3.8) is 0 Å². The molecule has 0 spiro atoms. The van der Waals surface area contributed by atoms with Crippen LogP contribution in [0.4, 0.5) is 0 Å². The summed E-state index contributed by atoms with van der Waals surface area (Å²) in [6.45, 7) is 2.08. The summed E-state index contributed by atoms with van der Waals surface area (Å²) in [4.78, 5) is 4.85. The van der Waals surface area contributed by atoms with Gasteiger partial charge in [0.2, 0.25) is 0 Å². The number of benzene rings is 4. The van der Waals surface area contributed by atoms with Gasteiger partial charge in [0.1, 0.15) is 11.0 Å². The first-order valence-corrected chi connectivity index (χ1v) is 11.6. The summed E-state index contributed by atoms with van der Waals surface area (Å²) in [5.41, 5.74) is 6.87. The third-order valence-electron chi connectivity index (χ3n) is 6.93. The Bertz CT molecular complexity index is 1830. The smallest absolute Gasteiger partial charge is 0.290 e. The number of rotatable bonds is 2. The van der Waals surface area contributed by atoms with Crippen molar-refractivity contribution in [3.05, 3.63) is 109 Å². The fraction of sp³-hybridized carbons (Fsp3) is 0.0667. The van der Waals surface area contributed by atoms with E-state index in [9.17, 15) is 0 Å². The molecule has 0 aliphatic heterocycles. The zero-order valence-electron chi connectivity index (χ0n) is 19.1. The number of pyridine rings is 1. The van der Waals surface area contributed by atoms with Gasteiger partial charge in [-0.2, -0.15) is 4.57 Å². The highest BCUT2D eigenvalue weighted by Gasteiger charge is 2.24. The highest BCUT2D eigenvalue weighted by Crippen LogP contribution is 2.35. The van der Waals surface area contributed by atoms with E-state index >= 15 is 0 Å².